The Morgan fingerprint density at radius 3 is 2.62 bits per heavy atom. The Labute approximate surface area is 140 Å². The van der Waals surface area contributed by atoms with Crippen LogP contribution in [0.2, 0.25) is 0 Å². The van der Waals surface area contributed by atoms with E-state index in [-0.39, 0.29) is 12.6 Å². The monoisotopic (exact) mass is 322 g/mol. The van der Waals surface area contributed by atoms with Crippen LogP contribution >= 0.6 is 0 Å². The van der Waals surface area contributed by atoms with E-state index in [4.69, 9.17) is 10.5 Å². The number of hydrogen-bond acceptors (Lipinski definition) is 6. The maximum absolute atomic E-state index is 9.70. The molecule has 24 heavy (non-hydrogen) atoms. The zero-order chi connectivity index (χ0) is 17.1. The summed E-state index contributed by atoms with van der Waals surface area (Å²) < 4.78 is 5.48. The third-order valence-corrected chi connectivity index (χ3v) is 3.82. The molecule has 122 valence electrons. The quantitative estimate of drug-likeness (QED) is 0.767. The summed E-state index contributed by atoms with van der Waals surface area (Å²) in [6.07, 6.45) is 3.46. The first-order valence-corrected chi connectivity index (χ1v) is 7.47. The number of para-hydroxylation sites is 1. The van der Waals surface area contributed by atoms with E-state index in [1.807, 2.05) is 37.3 Å². The number of hydrogen-bond donors (Lipinski definition) is 2. The van der Waals surface area contributed by atoms with Crippen molar-refractivity contribution >= 4 is 5.95 Å². The summed E-state index contributed by atoms with van der Waals surface area (Å²) in [7, 11) is 1.64. The van der Waals surface area contributed by atoms with E-state index >= 15 is 0 Å². The maximum atomic E-state index is 9.70. The van der Waals surface area contributed by atoms with Gasteiger partial charge in [-0.1, -0.05) is 18.2 Å². The highest BCUT2D eigenvalue weighted by Crippen LogP contribution is 2.38. The lowest BCUT2D eigenvalue weighted by atomic mass is 9.94. The minimum atomic E-state index is -0.233. The van der Waals surface area contributed by atoms with Crippen molar-refractivity contribution in [1.82, 2.24) is 15.0 Å². The number of benzene rings is 1. The molecule has 0 saturated heterocycles. The number of aliphatic hydroxyl groups is 1. The molecule has 0 aliphatic carbocycles. The minimum absolute atomic E-state index is 0.142. The minimum Gasteiger partial charge on any atom is -0.496 e. The molecule has 3 rings (SSSR count). The molecule has 1 aromatic carbocycles. The molecule has 3 N–H and O–H groups in total. The second-order valence-corrected chi connectivity index (χ2v) is 5.27. The molecule has 0 atom stereocenters. The van der Waals surface area contributed by atoms with Crippen molar-refractivity contribution in [3.05, 3.63) is 54.1 Å². The summed E-state index contributed by atoms with van der Waals surface area (Å²) >= 11 is 0. The molecular weight excluding hydrogens is 304 g/mol. The molecule has 0 unspecified atom stereocenters. The molecule has 0 amide bonds. The lowest BCUT2D eigenvalue weighted by molar-refractivity contribution is 0.277. The summed E-state index contributed by atoms with van der Waals surface area (Å²) in [6.45, 7) is 1.61. The molecule has 2 aromatic heterocycles. The lowest BCUT2D eigenvalue weighted by Gasteiger charge is -2.16. The van der Waals surface area contributed by atoms with Crippen molar-refractivity contribution in [1.29, 1.82) is 0 Å². The van der Waals surface area contributed by atoms with Crippen LogP contribution in [0.5, 0.6) is 5.75 Å². The van der Waals surface area contributed by atoms with Crippen molar-refractivity contribution in [3.63, 3.8) is 0 Å². The Hall–Kier alpha value is -2.99. The van der Waals surface area contributed by atoms with Gasteiger partial charge in [-0.15, -0.1) is 0 Å². The molecule has 0 spiro atoms. The van der Waals surface area contributed by atoms with Crippen LogP contribution in [-0.2, 0) is 6.61 Å². The van der Waals surface area contributed by atoms with E-state index in [2.05, 4.69) is 15.0 Å². The Kier molecular flexibility index (Phi) is 4.39. The summed E-state index contributed by atoms with van der Waals surface area (Å²) in [5.74, 6) is 0.896. The number of nitrogens with two attached hydrogens (primary N) is 1. The molecule has 0 aliphatic rings. The van der Waals surface area contributed by atoms with E-state index < -0.39 is 0 Å². The third kappa shape index (κ3) is 2.79. The summed E-state index contributed by atoms with van der Waals surface area (Å²) in [5, 5.41) is 9.70. The van der Waals surface area contributed by atoms with Gasteiger partial charge in [0, 0.05) is 29.1 Å². The van der Waals surface area contributed by atoms with Crippen molar-refractivity contribution in [2.24, 2.45) is 0 Å². The van der Waals surface area contributed by atoms with Crippen LogP contribution < -0.4 is 10.5 Å². The topological polar surface area (TPSA) is 94.2 Å². The summed E-state index contributed by atoms with van der Waals surface area (Å²) in [6, 6.07) is 9.65. The Bertz CT molecular complexity index is 881. The third-order valence-electron chi connectivity index (χ3n) is 3.82. The van der Waals surface area contributed by atoms with Crippen LogP contribution in [0.15, 0.2) is 42.7 Å². The average molecular weight is 322 g/mol. The number of rotatable bonds is 4. The van der Waals surface area contributed by atoms with E-state index in [9.17, 15) is 5.11 Å². The maximum Gasteiger partial charge on any atom is 0.220 e. The fourth-order valence-corrected chi connectivity index (χ4v) is 2.82. The van der Waals surface area contributed by atoms with Crippen LogP contribution in [0.25, 0.3) is 22.3 Å². The molecule has 3 aromatic rings. The van der Waals surface area contributed by atoms with Crippen molar-refractivity contribution in [2.75, 3.05) is 12.8 Å². The zero-order valence-electron chi connectivity index (χ0n) is 13.5. The number of aryl methyl sites for hydroxylation is 1. The molecule has 0 aliphatic heterocycles. The van der Waals surface area contributed by atoms with E-state index in [0.717, 1.165) is 28.0 Å². The van der Waals surface area contributed by atoms with Crippen LogP contribution in [0.4, 0.5) is 5.95 Å². The van der Waals surface area contributed by atoms with E-state index in [0.29, 0.717) is 11.4 Å². The normalized spacial score (nSPS) is 10.6. The van der Waals surface area contributed by atoms with Gasteiger partial charge in [0.15, 0.2) is 0 Å². The number of pyridine rings is 1. The van der Waals surface area contributed by atoms with Gasteiger partial charge in [-0.3, -0.25) is 4.98 Å². The van der Waals surface area contributed by atoms with Crippen molar-refractivity contribution in [3.8, 4) is 28.0 Å². The fraction of sp³-hybridized carbons (Fsp3) is 0.167. The van der Waals surface area contributed by atoms with Crippen LogP contribution in [-0.4, -0.2) is 27.2 Å². The predicted octanol–water partition coefficient (Wildman–Crippen LogP) is 2.60. The second-order valence-electron chi connectivity index (χ2n) is 5.27. The van der Waals surface area contributed by atoms with Crippen molar-refractivity contribution in [2.45, 2.75) is 13.5 Å². The van der Waals surface area contributed by atoms with Gasteiger partial charge < -0.3 is 15.6 Å². The number of ether oxygens (including phenoxy) is 1. The van der Waals surface area contributed by atoms with Crippen molar-refractivity contribution < 1.29 is 9.84 Å². The van der Waals surface area contributed by atoms with Gasteiger partial charge in [0.1, 0.15) is 5.75 Å². The number of aromatic nitrogens is 3. The van der Waals surface area contributed by atoms with Gasteiger partial charge in [0.05, 0.1) is 25.1 Å². The standard InChI is InChI=1S/C18H18N4O2/c1-11-17(15(10-23)22-18(19)21-11)14-9-20-8-7-12(14)13-5-3-4-6-16(13)24-2/h3-9,23H,10H2,1-2H3,(H2,19,21,22). The van der Waals surface area contributed by atoms with Crippen LogP contribution in [0.1, 0.15) is 11.4 Å². The second kappa shape index (κ2) is 6.64. The molecular formula is C18H18N4O2. The summed E-state index contributed by atoms with van der Waals surface area (Å²) in [5.41, 5.74) is 10.3. The van der Waals surface area contributed by atoms with Crippen LogP contribution in [0, 0.1) is 6.92 Å². The number of nitrogens with zero attached hydrogens (tertiary/aromatic N) is 3. The Balaban J connectivity index is 2.29. The number of methoxy groups -OCH3 is 1. The molecule has 6 nitrogen and oxygen atoms in total. The van der Waals surface area contributed by atoms with Gasteiger partial charge in [-0.05, 0) is 24.6 Å². The predicted molar refractivity (Wildman–Crippen MR) is 92.3 cm³/mol. The fourth-order valence-electron chi connectivity index (χ4n) is 2.82. The number of anilines is 1. The highest BCUT2D eigenvalue weighted by Gasteiger charge is 2.18. The molecule has 0 fully saturated rings. The Morgan fingerprint density at radius 2 is 1.88 bits per heavy atom. The largest absolute Gasteiger partial charge is 0.496 e. The molecule has 0 bridgehead atoms. The van der Waals surface area contributed by atoms with Gasteiger partial charge in [0.2, 0.25) is 5.95 Å². The number of nitrogen functional groups attached to an aromatic ring is 1. The SMILES string of the molecule is COc1ccccc1-c1ccncc1-c1c(C)nc(N)nc1CO. The highest BCUT2D eigenvalue weighted by molar-refractivity contribution is 5.87. The van der Waals surface area contributed by atoms with Gasteiger partial charge in [0.25, 0.3) is 0 Å². The molecule has 0 radical (unpaired) electrons. The molecule has 0 saturated carbocycles. The first kappa shape index (κ1) is 15.9. The Morgan fingerprint density at radius 1 is 1.08 bits per heavy atom. The van der Waals surface area contributed by atoms with E-state index in [1.54, 1.807) is 19.5 Å². The number of aliphatic hydroxyl groups excluding tert-OH is 1. The zero-order valence-corrected chi connectivity index (χ0v) is 13.5. The van der Waals surface area contributed by atoms with Gasteiger partial charge in [-0.2, -0.15) is 0 Å². The molecule has 6 heteroatoms. The lowest BCUT2D eigenvalue weighted by Crippen LogP contribution is -2.05. The first-order valence-electron chi connectivity index (χ1n) is 7.47. The highest BCUT2D eigenvalue weighted by atomic mass is 16.5. The smallest absolute Gasteiger partial charge is 0.220 e. The average Bonchev–Trinajstić information content (AvgIpc) is 2.61. The van der Waals surface area contributed by atoms with Gasteiger partial charge in [-0.25, -0.2) is 9.97 Å². The van der Waals surface area contributed by atoms with Gasteiger partial charge >= 0.3 is 0 Å². The summed E-state index contributed by atoms with van der Waals surface area (Å²) in [4.78, 5) is 12.6. The molecule has 2 heterocycles. The first-order chi connectivity index (χ1) is 11.7. The van der Waals surface area contributed by atoms with Crippen LogP contribution in [0.3, 0.4) is 0 Å². The van der Waals surface area contributed by atoms with E-state index in [1.165, 1.54) is 0 Å².